The van der Waals surface area contributed by atoms with Crippen LogP contribution in [0.2, 0.25) is 0 Å². The van der Waals surface area contributed by atoms with Gasteiger partial charge in [-0.3, -0.25) is 0 Å². The fourth-order valence-corrected chi connectivity index (χ4v) is 3.58. The van der Waals surface area contributed by atoms with E-state index in [4.69, 9.17) is 19.2 Å². The van der Waals surface area contributed by atoms with Gasteiger partial charge >= 0.3 is 0 Å². The summed E-state index contributed by atoms with van der Waals surface area (Å²) in [5, 5.41) is 0. The molecule has 0 aliphatic rings. The largest absolute Gasteiger partial charge is 0.493 e. The van der Waals surface area contributed by atoms with Crippen LogP contribution in [0.1, 0.15) is 11.4 Å². The zero-order valence-corrected chi connectivity index (χ0v) is 17.7. The summed E-state index contributed by atoms with van der Waals surface area (Å²) in [5.41, 5.74) is 3.11. The third-order valence-electron chi connectivity index (χ3n) is 5.07. The zero-order chi connectivity index (χ0) is 21.5. The topological polar surface area (TPSA) is 45.5 Å². The number of ether oxygens (including phenoxy) is 3. The monoisotopic (exact) mass is 414 g/mol. The van der Waals surface area contributed by atoms with Gasteiger partial charge in [-0.1, -0.05) is 48.5 Å². The number of nitrogens with zero attached hydrogens (tertiary/aromatic N) is 2. The lowest BCUT2D eigenvalue weighted by atomic mass is 10.1. The first-order valence-corrected chi connectivity index (χ1v) is 10.3. The Hall–Kier alpha value is -3.73. The molecule has 0 fully saturated rings. The Labute approximate surface area is 182 Å². The highest BCUT2D eigenvalue weighted by atomic mass is 16.5. The van der Waals surface area contributed by atoms with E-state index in [1.54, 1.807) is 7.11 Å². The summed E-state index contributed by atoms with van der Waals surface area (Å²) in [7, 11) is 1.64. The van der Waals surface area contributed by atoms with Gasteiger partial charge in [0.05, 0.1) is 24.7 Å². The first-order valence-electron chi connectivity index (χ1n) is 10.3. The van der Waals surface area contributed by atoms with E-state index in [1.165, 1.54) is 0 Å². The van der Waals surface area contributed by atoms with E-state index < -0.39 is 0 Å². The number of para-hydroxylation sites is 5. The van der Waals surface area contributed by atoms with Crippen LogP contribution < -0.4 is 14.2 Å². The van der Waals surface area contributed by atoms with Gasteiger partial charge in [0.25, 0.3) is 0 Å². The average Bonchev–Trinajstić information content (AvgIpc) is 3.16. The van der Waals surface area contributed by atoms with Crippen LogP contribution in [0.5, 0.6) is 17.2 Å². The molecule has 0 aliphatic carbocycles. The minimum Gasteiger partial charge on any atom is -0.493 e. The van der Waals surface area contributed by atoms with Gasteiger partial charge in [-0.05, 0) is 42.3 Å². The molecule has 31 heavy (non-hydrogen) atoms. The minimum atomic E-state index is 0.373. The Kier molecular flexibility index (Phi) is 6.53. The van der Waals surface area contributed by atoms with Crippen molar-refractivity contribution in [2.75, 3.05) is 13.7 Å². The SMILES string of the molecule is C=CCc1ccccc1OCc1nc2ccccc2n1CCOc1ccccc1OC. The van der Waals surface area contributed by atoms with E-state index in [9.17, 15) is 0 Å². The molecule has 0 amide bonds. The molecule has 0 spiro atoms. The Bertz CT molecular complexity index is 1170. The van der Waals surface area contributed by atoms with Gasteiger partial charge in [-0.15, -0.1) is 6.58 Å². The lowest BCUT2D eigenvalue weighted by Gasteiger charge is -2.14. The number of hydrogen-bond donors (Lipinski definition) is 0. The fraction of sp³-hybridized carbons (Fsp3) is 0.192. The average molecular weight is 415 g/mol. The van der Waals surface area contributed by atoms with Gasteiger partial charge < -0.3 is 18.8 Å². The highest BCUT2D eigenvalue weighted by molar-refractivity contribution is 5.75. The Morgan fingerprint density at radius 2 is 1.58 bits per heavy atom. The molecule has 3 aromatic carbocycles. The van der Waals surface area contributed by atoms with E-state index in [0.29, 0.717) is 19.8 Å². The Morgan fingerprint density at radius 3 is 2.39 bits per heavy atom. The van der Waals surface area contributed by atoms with Gasteiger partial charge in [0, 0.05) is 0 Å². The molecule has 0 N–H and O–H groups in total. The molecule has 0 aliphatic heterocycles. The summed E-state index contributed by atoms with van der Waals surface area (Å²) in [6.07, 6.45) is 2.64. The highest BCUT2D eigenvalue weighted by Gasteiger charge is 2.13. The van der Waals surface area contributed by atoms with Gasteiger partial charge in [0.15, 0.2) is 11.5 Å². The smallest absolute Gasteiger partial charge is 0.161 e. The molecule has 0 unspecified atom stereocenters. The molecule has 158 valence electrons. The van der Waals surface area contributed by atoms with Gasteiger partial charge in [0.1, 0.15) is 24.8 Å². The fourth-order valence-electron chi connectivity index (χ4n) is 3.58. The van der Waals surface area contributed by atoms with Crippen molar-refractivity contribution in [2.45, 2.75) is 19.6 Å². The molecule has 1 heterocycles. The molecule has 5 nitrogen and oxygen atoms in total. The molecule has 0 atom stereocenters. The van der Waals surface area contributed by atoms with Crippen molar-refractivity contribution in [3.63, 3.8) is 0 Å². The lowest BCUT2D eigenvalue weighted by Crippen LogP contribution is -2.13. The maximum absolute atomic E-state index is 6.16. The standard InChI is InChI=1S/C26H26N2O3/c1-3-10-20-11-4-7-14-23(20)31-19-26-27-21-12-5-6-13-22(21)28(26)17-18-30-25-16-9-8-15-24(25)29-2/h3-9,11-16H,1,10,17-19H2,2H3. The zero-order valence-electron chi connectivity index (χ0n) is 17.7. The molecule has 4 aromatic rings. The Balaban J connectivity index is 1.53. The van der Waals surface area contributed by atoms with Crippen LogP contribution in [-0.2, 0) is 19.6 Å². The second-order valence-corrected chi connectivity index (χ2v) is 7.06. The van der Waals surface area contributed by atoms with Gasteiger partial charge in [-0.2, -0.15) is 0 Å². The second-order valence-electron chi connectivity index (χ2n) is 7.06. The minimum absolute atomic E-state index is 0.373. The van der Waals surface area contributed by atoms with Crippen LogP contribution in [0.3, 0.4) is 0 Å². The molecule has 0 saturated carbocycles. The van der Waals surface area contributed by atoms with E-state index in [-0.39, 0.29) is 0 Å². The van der Waals surface area contributed by atoms with Gasteiger partial charge in [0.2, 0.25) is 0 Å². The molecule has 1 aromatic heterocycles. The van der Waals surface area contributed by atoms with E-state index in [1.807, 2.05) is 66.7 Å². The van der Waals surface area contributed by atoms with Crippen molar-refractivity contribution in [2.24, 2.45) is 0 Å². The van der Waals surface area contributed by atoms with E-state index >= 15 is 0 Å². The van der Waals surface area contributed by atoms with Crippen LogP contribution in [-0.4, -0.2) is 23.3 Å². The number of rotatable bonds is 10. The lowest BCUT2D eigenvalue weighted by molar-refractivity contribution is 0.264. The second kappa shape index (κ2) is 9.85. The Morgan fingerprint density at radius 1 is 0.871 bits per heavy atom. The number of hydrogen-bond acceptors (Lipinski definition) is 4. The maximum Gasteiger partial charge on any atom is 0.161 e. The summed E-state index contributed by atoms with van der Waals surface area (Å²) >= 11 is 0. The third kappa shape index (κ3) is 4.72. The molecule has 5 heteroatoms. The van der Waals surface area contributed by atoms with Crippen LogP contribution >= 0.6 is 0 Å². The normalized spacial score (nSPS) is 10.7. The van der Waals surface area contributed by atoms with Gasteiger partial charge in [-0.25, -0.2) is 4.98 Å². The predicted octanol–water partition coefficient (Wildman–Crippen LogP) is 5.43. The van der Waals surface area contributed by atoms with E-state index in [2.05, 4.69) is 23.3 Å². The summed E-state index contributed by atoms with van der Waals surface area (Å²) in [6, 6.07) is 23.8. The first kappa shape index (κ1) is 20.5. The summed E-state index contributed by atoms with van der Waals surface area (Å²) in [4.78, 5) is 4.80. The molecule has 4 rings (SSSR count). The number of benzene rings is 3. The quantitative estimate of drug-likeness (QED) is 0.325. The van der Waals surface area contributed by atoms with Crippen molar-refractivity contribution in [3.8, 4) is 17.2 Å². The van der Waals surface area contributed by atoms with Crippen molar-refractivity contribution in [1.82, 2.24) is 9.55 Å². The third-order valence-corrected chi connectivity index (χ3v) is 5.07. The van der Waals surface area contributed by atoms with Crippen molar-refractivity contribution in [3.05, 3.63) is 96.8 Å². The van der Waals surface area contributed by atoms with Crippen LogP contribution in [0, 0.1) is 0 Å². The van der Waals surface area contributed by atoms with Crippen LogP contribution in [0.25, 0.3) is 11.0 Å². The van der Waals surface area contributed by atoms with Crippen molar-refractivity contribution in [1.29, 1.82) is 0 Å². The summed E-state index contributed by atoms with van der Waals surface area (Å²) in [6.45, 7) is 5.34. The molecular formula is C26H26N2O3. The predicted molar refractivity (Wildman–Crippen MR) is 123 cm³/mol. The molecule has 0 radical (unpaired) electrons. The first-order chi connectivity index (χ1) is 15.3. The van der Waals surface area contributed by atoms with Crippen LogP contribution in [0.4, 0.5) is 0 Å². The van der Waals surface area contributed by atoms with Crippen molar-refractivity contribution < 1.29 is 14.2 Å². The number of fused-ring (bicyclic) bond motifs is 1. The van der Waals surface area contributed by atoms with Crippen LogP contribution in [0.15, 0.2) is 85.5 Å². The van der Waals surface area contributed by atoms with Crippen molar-refractivity contribution >= 4 is 11.0 Å². The summed E-state index contributed by atoms with van der Waals surface area (Å²) in [5.74, 6) is 3.16. The number of allylic oxidation sites excluding steroid dienone is 1. The molecule has 0 bridgehead atoms. The maximum atomic E-state index is 6.16. The molecular weight excluding hydrogens is 388 g/mol. The summed E-state index contributed by atoms with van der Waals surface area (Å²) < 4.78 is 19.7. The van der Waals surface area contributed by atoms with E-state index in [0.717, 1.165) is 46.1 Å². The number of aromatic nitrogens is 2. The molecule has 0 saturated heterocycles. The number of imidazole rings is 1. The highest BCUT2D eigenvalue weighted by Crippen LogP contribution is 2.26. The number of methoxy groups -OCH3 is 1.